The molecule has 106 valence electrons. The largest absolute Gasteiger partial charge is 0.496 e. The zero-order valence-electron chi connectivity index (χ0n) is 11.6. The summed E-state index contributed by atoms with van der Waals surface area (Å²) in [5.74, 6) is 1.09. The van der Waals surface area contributed by atoms with E-state index in [4.69, 9.17) is 4.74 Å². The Kier molecular flexibility index (Phi) is 3.69. The van der Waals surface area contributed by atoms with Gasteiger partial charge < -0.3 is 10.1 Å². The van der Waals surface area contributed by atoms with Crippen LogP contribution in [0.3, 0.4) is 0 Å². The average Bonchev–Trinajstić information content (AvgIpc) is 2.50. The molecule has 0 spiro atoms. The van der Waals surface area contributed by atoms with E-state index in [0.29, 0.717) is 29.1 Å². The average molecular weight is 273 g/mol. The first-order valence-corrected chi connectivity index (χ1v) is 7.02. The smallest absolute Gasteiger partial charge is 0.264 e. The van der Waals surface area contributed by atoms with Gasteiger partial charge in [0, 0.05) is 6.54 Å². The number of hydrogen-bond acceptors (Lipinski definition) is 4. The standard InChI is InChI=1S/C15H19N3O2/c1-20-13-6-2-5-12-14(13)15(19)18(10-17-12)9-11-4-3-7-16-8-11/h2,5-6,10-11,16H,3-4,7-9H2,1H3. The summed E-state index contributed by atoms with van der Waals surface area (Å²) in [5.41, 5.74) is 0.672. The number of nitrogens with zero attached hydrogens (tertiary/aromatic N) is 2. The van der Waals surface area contributed by atoms with Gasteiger partial charge in [0.15, 0.2) is 0 Å². The summed E-state index contributed by atoms with van der Waals surface area (Å²) in [6.07, 6.45) is 3.98. The Hall–Kier alpha value is -1.88. The molecule has 1 aliphatic rings. The van der Waals surface area contributed by atoms with Crippen LogP contribution in [0.1, 0.15) is 12.8 Å². The van der Waals surface area contributed by atoms with Gasteiger partial charge >= 0.3 is 0 Å². The van der Waals surface area contributed by atoms with Gasteiger partial charge in [0.1, 0.15) is 11.1 Å². The number of aromatic nitrogens is 2. The molecule has 2 heterocycles. The van der Waals surface area contributed by atoms with E-state index >= 15 is 0 Å². The van der Waals surface area contributed by atoms with Crippen molar-refractivity contribution in [3.63, 3.8) is 0 Å². The van der Waals surface area contributed by atoms with E-state index in [1.807, 2.05) is 12.1 Å². The first kappa shape index (κ1) is 13.1. The van der Waals surface area contributed by atoms with E-state index < -0.39 is 0 Å². The molecule has 1 aliphatic heterocycles. The zero-order valence-corrected chi connectivity index (χ0v) is 11.6. The van der Waals surface area contributed by atoms with E-state index in [9.17, 15) is 4.79 Å². The van der Waals surface area contributed by atoms with Crippen molar-refractivity contribution in [1.29, 1.82) is 0 Å². The highest BCUT2D eigenvalue weighted by atomic mass is 16.5. The van der Waals surface area contributed by atoms with Crippen LogP contribution >= 0.6 is 0 Å². The predicted octanol–water partition coefficient (Wildman–Crippen LogP) is 1.40. The Morgan fingerprint density at radius 1 is 1.50 bits per heavy atom. The molecular weight excluding hydrogens is 254 g/mol. The predicted molar refractivity (Wildman–Crippen MR) is 78.1 cm³/mol. The highest BCUT2D eigenvalue weighted by Crippen LogP contribution is 2.20. The van der Waals surface area contributed by atoms with Crippen molar-refractivity contribution in [2.75, 3.05) is 20.2 Å². The molecular formula is C15H19N3O2. The summed E-state index contributed by atoms with van der Waals surface area (Å²) in [6, 6.07) is 5.49. The Morgan fingerprint density at radius 2 is 2.40 bits per heavy atom. The van der Waals surface area contributed by atoms with Crippen LogP contribution in [0.2, 0.25) is 0 Å². The molecule has 0 amide bonds. The molecule has 1 fully saturated rings. The number of benzene rings is 1. The summed E-state index contributed by atoms with van der Waals surface area (Å²) in [5, 5.41) is 3.94. The fourth-order valence-electron chi connectivity index (χ4n) is 2.83. The number of fused-ring (bicyclic) bond motifs is 1. The van der Waals surface area contributed by atoms with Gasteiger partial charge in [-0.15, -0.1) is 0 Å². The molecule has 3 rings (SSSR count). The van der Waals surface area contributed by atoms with Crippen LogP contribution in [0.5, 0.6) is 5.75 Å². The number of hydrogen-bond donors (Lipinski definition) is 1. The minimum absolute atomic E-state index is 0.0157. The highest BCUT2D eigenvalue weighted by molar-refractivity contribution is 5.83. The molecule has 0 radical (unpaired) electrons. The first-order valence-electron chi connectivity index (χ1n) is 7.02. The van der Waals surface area contributed by atoms with Gasteiger partial charge in [0.25, 0.3) is 5.56 Å². The molecule has 0 saturated carbocycles. The summed E-state index contributed by atoms with van der Waals surface area (Å²) in [6.45, 7) is 2.76. The lowest BCUT2D eigenvalue weighted by Crippen LogP contribution is -2.34. The molecule has 1 aromatic carbocycles. The fourth-order valence-corrected chi connectivity index (χ4v) is 2.83. The van der Waals surface area contributed by atoms with Crippen molar-refractivity contribution in [3.05, 3.63) is 34.9 Å². The molecule has 5 heteroatoms. The summed E-state index contributed by atoms with van der Waals surface area (Å²) >= 11 is 0. The lowest BCUT2D eigenvalue weighted by molar-refractivity contribution is 0.333. The van der Waals surface area contributed by atoms with Crippen molar-refractivity contribution in [2.45, 2.75) is 19.4 Å². The Labute approximate surface area is 117 Å². The zero-order chi connectivity index (χ0) is 13.9. The lowest BCUT2D eigenvalue weighted by Gasteiger charge is -2.23. The van der Waals surface area contributed by atoms with Crippen LogP contribution in [0, 0.1) is 5.92 Å². The molecule has 1 aromatic heterocycles. The van der Waals surface area contributed by atoms with E-state index in [2.05, 4.69) is 10.3 Å². The first-order chi connectivity index (χ1) is 9.79. The molecule has 1 N–H and O–H groups in total. The van der Waals surface area contributed by atoms with E-state index in [0.717, 1.165) is 19.5 Å². The lowest BCUT2D eigenvalue weighted by atomic mass is 10.00. The SMILES string of the molecule is COc1cccc2ncn(CC3CCCNC3)c(=O)c12. The number of ether oxygens (including phenoxy) is 1. The van der Waals surface area contributed by atoms with Crippen LogP contribution in [0.4, 0.5) is 0 Å². The molecule has 1 unspecified atom stereocenters. The molecule has 0 aliphatic carbocycles. The Morgan fingerprint density at radius 3 is 3.15 bits per heavy atom. The number of nitrogens with one attached hydrogen (secondary N) is 1. The van der Waals surface area contributed by atoms with Crippen molar-refractivity contribution in [2.24, 2.45) is 5.92 Å². The van der Waals surface area contributed by atoms with Crippen molar-refractivity contribution < 1.29 is 4.74 Å². The van der Waals surface area contributed by atoms with Gasteiger partial charge in [-0.1, -0.05) is 6.07 Å². The molecule has 0 bridgehead atoms. The number of rotatable bonds is 3. The molecule has 20 heavy (non-hydrogen) atoms. The highest BCUT2D eigenvalue weighted by Gasteiger charge is 2.16. The normalized spacial score (nSPS) is 19.1. The van der Waals surface area contributed by atoms with Gasteiger partial charge in [-0.05, 0) is 44.0 Å². The van der Waals surface area contributed by atoms with Crippen LogP contribution in [-0.4, -0.2) is 29.8 Å². The van der Waals surface area contributed by atoms with Crippen molar-refractivity contribution >= 4 is 10.9 Å². The molecule has 2 aromatic rings. The van der Waals surface area contributed by atoms with E-state index in [1.54, 1.807) is 24.1 Å². The summed E-state index contributed by atoms with van der Waals surface area (Å²) in [7, 11) is 1.58. The molecule has 1 atom stereocenters. The maximum atomic E-state index is 12.6. The van der Waals surface area contributed by atoms with E-state index in [-0.39, 0.29) is 5.56 Å². The van der Waals surface area contributed by atoms with Crippen LogP contribution in [0.25, 0.3) is 10.9 Å². The van der Waals surface area contributed by atoms with E-state index in [1.165, 1.54) is 6.42 Å². The third kappa shape index (κ3) is 2.41. The van der Waals surface area contributed by atoms with Crippen LogP contribution in [-0.2, 0) is 6.54 Å². The number of methoxy groups -OCH3 is 1. The Balaban J connectivity index is 1.99. The maximum Gasteiger partial charge on any atom is 0.264 e. The summed E-state index contributed by atoms with van der Waals surface area (Å²) < 4.78 is 7.00. The van der Waals surface area contributed by atoms with Gasteiger partial charge in [-0.2, -0.15) is 0 Å². The van der Waals surface area contributed by atoms with Gasteiger partial charge in [0.2, 0.25) is 0 Å². The molecule has 1 saturated heterocycles. The summed E-state index contributed by atoms with van der Waals surface area (Å²) in [4.78, 5) is 17.0. The second-order valence-corrected chi connectivity index (χ2v) is 5.27. The van der Waals surface area contributed by atoms with Gasteiger partial charge in [0.05, 0.1) is 19.0 Å². The minimum atomic E-state index is -0.0157. The minimum Gasteiger partial charge on any atom is -0.496 e. The van der Waals surface area contributed by atoms with Crippen molar-refractivity contribution in [3.8, 4) is 5.75 Å². The second-order valence-electron chi connectivity index (χ2n) is 5.27. The maximum absolute atomic E-state index is 12.6. The fraction of sp³-hybridized carbons (Fsp3) is 0.467. The third-order valence-corrected chi connectivity index (χ3v) is 3.89. The third-order valence-electron chi connectivity index (χ3n) is 3.89. The monoisotopic (exact) mass is 273 g/mol. The van der Waals surface area contributed by atoms with Crippen LogP contribution in [0.15, 0.2) is 29.3 Å². The van der Waals surface area contributed by atoms with Crippen LogP contribution < -0.4 is 15.6 Å². The topological polar surface area (TPSA) is 56.1 Å². The molecule has 5 nitrogen and oxygen atoms in total. The van der Waals surface area contributed by atoms with Gasteiger partial charge in [-0.25, -0.2) is 4.98 Å². The quantitative estimate of drug-likeness (QED) is 0.918. The van der Waals surface area contributed by atoms with Gasteiger partial charge in [-0.3, -0.25) is 9.36 Å². The van der Waals surface area contributed by atoms with Crippen molar-refractivity contribution in [1.82, 2.24) is 14.9 Å². The second kappa shape index (κ2) is 5.63. The Bertz CT molecular complexity index is 660. The number of piperidine rings is 1.